The van der Waals surface area contributed by atoms with Crippen LogP contribution in [0.2, 0.25) is 0 Å². The van der Waals surface area contributed by atoms with Crippen LogP contribution in [0.4, 0.5) is 0 Å². The zero-order valence-electron chi connectivity index (χ0n) is 25.9. The van der Waals surface area contributed by atoms with Crippen LogP contribution in [0.1, 0.15) is 150 Å². The summed E-state index contributed by atoms with van der Waals surface area (Å²) in [6.07, 6.45) is 24.3. The van der Waals surface area contributed by atoms with E-state index >= 15 is 4.79 Å². The fourth-order valence-electron chi connectivity index (χ4n) is 12.5. The number of carbonyl (C=O) groups is 1. The first kappa shape index (κ1) is 29.0. The molecule has 0 heterocycles. The summed E-state index contributed by atoms with van der Waals surface area (Å²) in [5, 5.41) is 0. The Hall–Kier alpha value is -0.530. The van der Waals surface area contributed by atoms with Crippen molar-refractivity contribution < 1.29 is 9.53 Å². The third-order valence-electron chi connectivity index (χ3n) is 13.8. The van der Waals surface area contributed by atoms with Gasteiger partial charge in [0, 0.05) is 0 Å². The lowest BCUT2D eigenvalue weighted by Gasteiger charge is -2.65. The predicted octanol–water partition coefficient (Wildman–Crippen LogP) is 10.2. The van der Waals surface area contributed by atoms with Crippen LogP contribution in [0.25, 0.3) is 0 Å². The quantitative estimate of drug-likeness (QED) is 0.322. The first-order chi connectivity index (χ1) is 18.4. The molecule has 0 aromatic carbocycles. The molecule has 0 saturated heterocycles. The molecular weight excluding hydrogens is 464 g/mol. The summed E-state index contributed by atoms with van der Waals surface area (Å²) in [6, 6.07) is 0. The molecule has 5 fully saturated rings. The van der Waals surface area contributed by atoms with Crippen LogP contribution in [-0.2, 0) is 9.53 Å². The summed E-state index contributed by atoms with van der Waals surface area (Å²) in [5.41, 5.74) is -0.136. The Balaban J connectivity index is 1.78. The highest BCUT2D eigenvalue weighted by atomic mass is 16.5. The van der Waals surface area contributed by atoms with Gasteiger partial charge in [-0.15, -0.1) is 0 Å². The number of hydrogen-bond donors (Lipinski definition) is 0. The van der Waals surface area contributed by atoms with Gasteiger partial charge < -0.3 is 4.74 Å². The van der Waals surface area contributed by atoms with Gasteiger partial charge in [0.05, 0.1) is 12.0 Å². The fraction of sp³-hybridized carbons (Fsp3) is 0.972. The largest absolute Gasteiger partial charge is 0.466 e. The Kier molecular flexibility index (Phi) is 9.26. The van der Waals surface area contributed by atoms with E-state index in [9.17, 15) is 0 Å². The van der Waals surface area contributed by atoms with Gasteiger partial charge in [0.15, 0.2) is 0 Å². The number of esters is 1. The number of hydrogen-bond acceptors (Lipinski definition) is 2. The zero-order valence-corrected chi connectivity index (χ0v) is 25.9. The minimum absolute atomic E-state index is 0.130. The molecule has 0 bridgehead atoms. The van der Waals surface area contributed by atoms with Crippen molar-refractivity contribution in [3.05, 3.63) is 0 Å². The topological polar surface area (TPSA) is 26.3 Å². The Morgan fingerprint density at radius 1 is 0.579 bits per heavy atom. The molecule has 2 nitrogen and oxygen atoms in total. The van der Waals surface area contributed by atoms with E-state index in [4.69, 9.17) is 4.74 Å². The molecule has 0 aromatic heterocycles. The van der Waals surface area contributed by atoms with Crippen LogP contribution in [0.15, 0.2) is 0 Å². The Morgan fingerprint density at radius 3 is 1.50 bits per heavy atom. The second-order valence-electron chi connectivity index (χ2n) is 15.3. The van der Waals surface area contributed by atoms with Crippen molar-refractivity contribution in [1.29, 1.82) is 0 Å². The maximum atomic E-state index is 15.0. The molecule has 5 saturated carbocycles. The zero-order chi connectivity index (χ0) is 26.9. The maximum absolute atomic E-state index is 15.0. The Morgan fingerprint density at radius 2 is 1.03 bits per heavy atom. The molecule has 38 heavy (non-hydrogen) atoms. The highest BCUT2D eigenvalue weighted by Crippen LogP contribution is 2.76. The Labute approximate surface area is 236 Å². The molecule has 0 aromatic rings. The summed E-state index contributed by atoms with van der Waals surface area (Å²) >= 11 is 0. The summed E-state index contributed by atoms with van der Waals surface area (Å²) < 4.78 is 6.36. The molecule has 7 unspecified atom stereocenters. The summed E-state index contributed by atoms with van der Waals surface area (Å²) in [6.45, 7) is 13.0. The fourth-order valence-corrected chi connectivity index (χ4v) is 12.5. The van der Waals surface area contributed by atoms with Gasteiger partial charge in [-0.2, -0.15) is 0 Å². The van der Waals surface area contributed by atoms with Gasteiger partial charge in [0.25, 0.3) is 0 Å². The van der Waals surface area contributed by atoms with Crippen molar-refractivity contribution in [2.24, 2.45) is 64.1 Å². The van der Waals surface area contributed by atoms with Crippen molar-refractivity contribution in [2.75, 3.05) is 6.61 Å². The van der Waals surface area contributed by atoms with Gasteiger partial charge in [0.2, 0.25) is 0 Å². The van der Waals surface area contributed by atoms with Gasteiger partial charge in [-0.05, 0) is 104 Å². The smallest absolute Gasteiger partial charge is 0.312 e. The summed E-state index contributed by atoms with van der Waals surface area (Å²) in [7, 11) is 0. The lowest BCUT2D eigenvalue weighted by Crippen LogP contribution is -2.64. The van der Waals surface area contributed by atoms with Gasteiger partial charge >= 0.3 is 5.97 Å². The van der Waals surface area contributed by atoms with Crippen molar-refractivity contribution in [1.82, 2.24) is 0 Å². The van der Waals surface area contributed by atoms with E-state index in [0.29, 0.717) is 36.2 Å². The van der Waals surface area contributed by atoms with Crippen LogP contribution >= 0.6 is 0 Å². The molecule has 11 atom stereocenters. The van der Waals surface area contributed by atoms with E-state index in [2.05, 4.69) is 34.6 Å². The van der Waals surface area contributed by atoms with E-state index in [1.807, 2.05) is 0 Å². The van der Waals surface area contributed by atoms with Crippen LogP contribution in [0.3, 0.4) is 0 Å². The summed E-state index contributed by atoms with van der Waals surface area (Å²) in [4.78, 5) is 15.0. The molecule has 0 spiro atoms. The highest BCUT2D eigenvalue weighted by molar-refractivity contribution is 5.79. The van der Waals surface area contributed by atoms with Crippen LogP contribution in [0.5, 0.6) is 0 Å². The number of carbonyl (C=O) groups excluding carboxylic acids is 1. The van der Waals surface area contributed by atoms with Gasteiger partial charge in [-0.25, -0.2) is 0 Å². The maximum Gasteiger partial charge on any atom is 0.312 e. The third kappa shape index (κ3) is 4.62. The molecule has 0 radical (unpaired) electrons. The lowest BCUT2D eigenvalue weighted by atomic mass is 9.38. The van der Waals surface area contributed by atoms with Crippen molar-refractivity contribution in [2.45, 2.75) is 150 Å². The second-order valence-corrected chi connectivity index (χ2v) is 15.3. The molecule has 5 rings (SSSR count). The van der Waals surface area contributed by atoms with Crippen LogP contribution in [-0.4, -0.2) is 12.6 Å². The average molecular weight is 527 g/mol. The van der Waals surface area contributed by atoms with Crippen LogP contribution < -0.4 is 0 Å². The molecule has 0 aliphatic heterocycles. The normalized spacial score (nSPS) is 48.5. The summed E-state index contributed by atoms with van der Waals surface area (Å²) in [5.74, 6) is 6.64. The van der Waals surface area contributed by atoms with Gasteiger partial charge in [-0.3, -0.25) is 4.79 Å². The minimum Gasteiger partial charge on any atom is -0.466 e. The molecule has 218 valence electrons. The first-order valence-electron chi connectivity index (χ1n) is 17.6. The first-order valence-corrected chi connectivity index (χ1v) is 17.6. The van der Waals surface area contributed by atoms with E-state index in [0.717, 1.165) is 30.1 Å². The van der Waals surface area contributed by atoms with E-state index < -0.39 is 0 Å². The highest BCUT2D eigenvalue weighted by Gasteiger charge is 2.74. The van der Waals surface area contributed by atoms with E-state index in [1.165, 1.54) is 109 Å². The van der Waals surface area contributed by atoms with E-state index in [-0.39, 0.29) is 16.8 Å². The molecule has 0 amide bonds. The lowest BCUT2D eigenvalue weighted by molar-refractivity contribution is -0.211. The van der Waals surface area contributed by atoms with Crippen LogP contribution in [0, 0.1) is 64.1 Å². The van der Waals surface area contributed by atoms with E-state index in [1.54, 1.807) is 0 Å². The third-order valence-corrected chi connectivity index (χ3v) is 13.8. The minimum atomic E-state index is -0.267. The molecule has 5 aliphatic carbocycles. The molecule has 0 N–H and O–H groups in total. The number of rotatable bonds is 6. The van der Waals surface area contributed by atoms with Crippen molar-refractivity contribution in [3.63, 3.8) is 0 Å². The standard InChI is InChI=1S/C36H62O2/c1-6-38-34(37)35(30-20-12-8-16-26(30)3)24-23-33(29-19-11-7-15-25(29)2)36(35,31-21-13-9-17-27(31)4)32-22-14-10-18-28(32)5/h25-33H,6-24H2,1-5H3/t25?,26?,27-,28+,29?,30?,31-,32-,33?,35?,36?/m1/s1. The van der Waals surface area contributed by atoms with Gasteiger partial charge in [-0.1, -0.05) is 105 Å². The second kappa shape index (κ2) is 12.1. The van der Waals surface area contributed by atoms with Gasteiger partial charge in [0.1, 0.15) is 0 Å². The molecule has 5 aliphatic rings. The molecular formula is C36H62O2. The average Bonchev–Trinajstić information content (AvgIpc) is 3.26. The van der Waals surface area contributed by atoms with Crippen molar-refractivity contribution in [3.8, 4) is 0 Å². The predicted molar refractivity (Wildman–Crippen MR) is 159 cm³/mol. The SMILES string of the molecule is CCOC(=O)C1(C2CCCCC2C)CCC(C2CCCCC2C)C1([C@@H]1CCCC[C@H]1C)[C@@H]1CCCC[C@@H]1C. The molecule has 2 heteroatoms. The van der Waals surface area contributed by atoms with Crippen molar-refractivity contribution >= 4 is 5.97 Å². The monoisotopic (exact) mass is 526 g/mol. The number of ether oxygens (including phenoxy) is 1. The Bertz CT molecular complexity index is 766.